The van der Waals surface area contributed by atoms with E-state index in [-0.39, 0.29) is 18.4 Å². The smallest absolute Gasteiger partial charge is 0.244 e. The van der Waals surface area contributed by atoms with E-state index in [1.165, 1.54) is 10.9 Å². The second kappa shape index (κ2) is 5.79. The number of nitrogens with zero attached hydrogens (tertiary/aromatic N) is 4. The number of amides is 2. The van der Waals surface area contributed by atoms with Crippen molar-refractivity contribution in [1.82, 2.24) is 19.9 Å². The SMILES string of the molecule is CCC(=O)Nc1cn(CC(=O)N2CCC(O)C2)nn1. The van der Waals surface area contributed by atoms with Crippen LogP contribution in [-0.4, -0.2) is 56.0 Å². The second-order valence-electron chi connectivity index (χ2n) is 4.49. The Hall–Kier alpha value is -1.96. The molecule has 1 saturated heterocycles. The van der Waals surface area contributed by atoms with Crippen molar-refractivity contribution in [1.29, 1.82) is 0 Å². The standard InChI is InChI=1S/C11H17N5O3/c1-2-10(18)12-9-6-16(14-13-9)7-11(19)15-4-3-8(17)5-15/h6,8,17H,2-5,7H2,1H3,(H,12,18). The van der Waals surface area contributed by atoms with Gasteiger partial charge in [0.1, 0.15) is 6.54 Å². The lowest BCUT2D eigenvalue weighted by atomic mass is 10.3. The van der Waals surface area contributed by atoms with Crippen LogP contribution in [0.25, 0.3) is 0 Å². The van der Waals surface area contributed by atoms with Crippen LogP contribution >= 0.6 is 0 Å². The van der Waals surface area contributed by atoms with Crippen molar-refractivity contribution >= 4 is 17.6 Å². The summed E-state index contributed by atoms with van der Waals surface area (Å²) in [5.74, 6) is 0.0666. The van der Waals surface area contributed by atoms with Gasteiger partial charge in [0, 0.05) is 19.5 Å². The number of carbonyl (C=O) groups is 2. The number of aliphatic hydroxyl groups excluding tert-OH is 1. The highest BCUT2D eigenvalue weighted by molar-refractivity contribution is 5.89. The molecule has 104 valence electrons. The highest BCUT2D eigenvalue weighted by atomic mass is 16.3. The number of anilines is 1. The molecule has 0 aliphatic carbocycles. The number of rotatable bonds is 4. The molecule has 2 amide bonds. The summed E-state index contributed by atoms with van der Waals surface area (Å²) in [5, 5.41) is 19.5. The van der Waals surface area contributed by atoms with Crippen LogP contribution in [-0.2, 0) is 16.1 Å². The molecule has 0 saturated carbocycles. The lowest BCUT2D eigenvalue weighted by molar-refractivity contribution is -0.131. The monoisotopic (exact) mass is 267 g/mol. The Morgan fingerprint density at radius 3 is 3.00 bits per heavy atom. The molecule has 1 atom stereocenters. The molecule has 1 aromatic rings. The minimum absolute atomic E-state index is 0.0573. The van der Waals surface area contributed by atoms with Gasteiger partial charge in [-0.2, -0.15) is 0 Å². The van der Waals surface area contributed by atoms with Crippen molar-refractivity contribution < 1.29 is 14.7 Å². The number of carbonyl (C=O) groups excluding carboxylic acids is 2. The first kappa shape index (κ1) is 13.5. The summed E-state index contributed by atoms with van der Waals surface area (Å²) in [5.41, 5.74) is 0. The predicted molar refractivity (Wildman–Crippen MR) is 66.1 cm³/mol. The van der Waals surface area contributed by atoms with Crippen LogP contribution in [0.1, 0.15) is 19.8 Å². The minimum atomic E-state index is -0.431. The molecule has 1 aromatic heterocycles. The zero-order valence-corrected chi connectivity index (χ0v) is 10.7. The van der Waals surface area contributed by atoms with Gasteiger partial charge in [-0.15, -0.1) is 5.10 Å². The Morgan fingerprint density at radius 2 is 2.37 bits per heavy atom. The van der Waals surface area contributed by atoms with E-state index < -0.39 is 6.10 Å². The van der Waals surface area contributed by atoms with Crippen LogP contribution in [0.5, 0.6) is 0 Å². The van der Waals surface area contributed by atoms with Crippen molar-refractivity contribution in [3.8, 4) is 0 Å². The van der Waals surface area contributed by atoms with Gasteiger partial charge in [0.2, 0.25) is 11.8 Å². The maximum absolute atomic E-state index is 11.9. The summed E-state index contributed by atoms with van der Waals surface area (Å²) in [6, 6.07) is 0. The van der Waals surface area contributed by atoms with E-state index in [4.69, 9.17) is 0 Å². The molecule has 2 N–H and O–H groups in total. The Balaban J connectivity index is 1.89. The van der Waals surface area contributed by atoms with Crippen LogP contribution < -0.4 is 5.32 Å². The number of aromatic nitrogens is 3. The second-order valence-corrected chi connectivity index (χ2v) is 4.49. The molecule has 1 aliphatic rings. The zero-order chi connectivity index (χ0) is 13.8. The summed E-state index contributed by atoms with van der Waals surface area (Å²) in [6.45, 7) is 2.73. The molecule has 0 spiro atoms. The summed E-state index contributed by atoms with van der Waals surface area (Å²) in [6.07, 6.45) is 2.05. The number of aliphatic hydroxyl groups is 1. The maximum Gasteiger partial charge on any atom is 0.244 e. The number of hydrogen-bond donors (Lipinski definition) is 2. The Morgan fingerprint density at radius 1 is 1.58 bits per heavy atom. The summed E-state index contributed by atoms with van der Waals surface area (Å²) in [7, 11) is 0. The highest BCUT2D eigenvalue weighted by Crippen LogP contribution is 2.09. The Labute approximate surface area is 110 Å². The van der Waals surface area contributed by atoms with E-state index in [1.54, 1.807) is 11.8 Å². The number of hydrogen-bond acceptors (Lipinski definition) is 5. The van der Waals surface area contributed by atoms with E-state index >= 15 is 0 Å². The van der Waals surface area contributed by atoms with Crippen molar-refractivity contribution in [2.45, 2.75) is 32.4 Å². The molecule has 8 nitrogen and oxygen atoms in total. The fourth-order valence-corrected chi connectivity index (χ4v) is 1.87. The maximum atomic E-state index is 11.9. The molecule has 0 radical (unpaired) electrons. The summed E-state index contributed by atoms with van der Waals surface area (Å²) in [4.78, 5) is 24.6. The predicted octanol–water partition coefficient (Wildman–Crippen LogP) is -0.780. The summed E-state index contributed by atoms with van der Waals surface area (Å²) >= 11 is 0. The molecule has 0 bridgehead atoms. The first-order chi connectivity index (χ1) is 9.08. The van der Waals surface area contributed by atoms with Gasteiger partial charge in [0.15, 0.2) is 5.82 Å². The van der Waals surface area contributed by atoms with Crippen molar-refractivity contribution in [2.75, 3.05) is 18.4 Å². The normalized spacial score (nSPS) is 18.6. The van der Waals surface area contributed by atoms with E-state index in [9.17, 15) is 14.7 Å². The average molecular weight is 267 g/mol. The van der Waals surface area contributed by atoms with Crippen molar-refractivity contribution in [2.24, 2.45) is 0 Å². The molecule has 1 fully saturated rings. The van der Waals surface area contributed by atoms with Crippen LogP contribution in [0.2, 0.25) is 0 Å². The Kier molecular flexibility index (Phi) is 4.10. The van der Waals surface area contributed by atoms with E-state index in [2.05, 4.69) is 15.6 Å². The molecule has 1 unspecified atom stereocenters. The highest BCUT2D eigenvalue weighted by Gasteiger charge is 2.24. The lowest BCUT2D eigenvalue weighted by Gasteiger charge is -2.14. The Bertz CT molecular complexity index is 473. The zero-order valence-electron chi connectivity index (χ0n) is 10.7. The van der Waals surface area contributed by atoms with Gasteiger partial charge in [0.05, 0.1) is 12.3 Å². The topological polar surface area (TPSA) is 100 Å². The first-order valence-electron chi connectivity index (χ1n) is 6.24. The third-order valence-corrected chi connectivity index (χ3v) is 2.94. The average Bonchev–Trinajstić information content (AvgIpc) is 2.98. The number of likely N-dealkylation sites (tertiary alicyclic amines) is 1. The van der Waals surface area contributed by atoms with Gasteiger partial charge >= 0.3 is 0 Å². The lowest BCUT2D eigenvalue weighted by Crippen LogP contribution is -2.32. The van der Waals surface area contributed by atoms with Gasteiger partial charge in [-0.1, -0.05) is 12.1 Å². The van der Waals surface area contributed by atoms with E-state index in [1.807, 2.05) is 0 Å². The van der Waals surface area contributed by atoms with Crippen LogP contribution in [0.15, 0.2) is 6.20 Å². The van der Waals surface area contributed by atoms with Crippen LogP contribution in [0.4, 0.5) is 5.82 Å². The largest absolute Gasteiger partial charge is 0.391 e. The molecular formula is C11H17N5O3. The van der Waals surface area contributed by atoms with Crippen molar-refractivity contribution in [3.63, 3.8) is 0 Å². The molecular weight excluding hydrogens is 250 g/mol. The molecule has 2 heterocycles. The molecule has 2 rings (SSSR count). The third-order valence-electron chi connectivity index (χ3n) is 2.94. The first-order valence-corrected chi connectivity index (χ1v) is 6.24. The summed E-state index contributed by atoms with van der Waals surface area (Å²) < 4.78 is 1.37. The fourth-order valence-electron chi connectivity index (χ4n) is 1.87. The fraction of sp³-hybridized carbons (Fsp3) is 0.636. The van der Waals surface area contributed by atoms with E-state index in [0.717, 1.165) is 0 Å². The van der Waals surface area contributed by atoms with Crippen LogP contribution in [0.3, 0.4) is 0 Å². The van der Waals surface area contributed by atoms with Crippen molar-refractivity contribution in [3.05, 3.63) is 6.20 Å². The van der Waals surface area contributed by atoms with Gasteiger partial charge in [0.25, 0.3) is 0 Å². The minimum Gasteiger partial charge on any atom is -0.391 e. The van der Waals surface area contributed by atoms with Gasteiger partial charge < -0.3 is 15.3 Å². The number of nitrogens with one attached hydrogen (secondary N) is 1. The van der Waals surface area contributed by atoms with Crippen LogP contribution in [0, 0.1) is 0 Å². The van der Waals surface area contributed by atoms with Gasteiger partial charge in [-0.05, 0) is 6.42 Å². The number of β-amino-alcohol motifs (C(OH)–C–C–N with tert-alkyl or cyclic N) is 1. The quantitative estimate of drug-likeness (QED) is 0.745. The van der Waals surface area contributed by atoms with Gasteiger partial charge in [-0.3, -0.25) is 9.59 Å². The molecule has 1 aliphatic heterocycles. The molecule has 8 heteroatoms. The van der Waals surface area contributed by atoms with E-state index in [0.29, 0.717) is 31.7 Å². The molecule has 0 aromatic carbocycles. The third kappa shape index (κ3) is 3.50. The van der Waals surface area contributed by atoms with Gasteiger partial charge in [-0.25, -0.2) is 4.68 Å². The molecule has 19 heavy (non-hydrogen) atoms.